The SMILES string of the molecule is O=C(CC1C2CC3CC(C2)CC1C3)N1CCn2c(Cc3ccccc3)nnc2C1. The van der Waals surface area contributed by atoms with E-state index in [0.717, 1.165) is 61.3 Å². The first-order valence-electron chi connectivity index (χ1n) is 11.5. The molecule has 0 atom stereocenters. The first-order chi connectivity index (χ1) is 14.2. The molecule has 4 aliphatic carbocycles. The molecule has 0 saturated heterocycles. The van der Waals surface area contributed by atoms with Crippen molar-refractivity contribution in [1.82, 2.24) is 19.7 Å². The van der Waals surface area contributed by atoms with Crippen LogP contribution in [0.15, 0.2) is 30.3 Å². The molecule has 1 aromatic heterocycles. The third kappa shape index (κ3) is 3.19. The van der Waals surface area contributed by atoms with Gasteiger partial charge in [-0.2, -0.15) is 0 Å². The summed E-state index contributed by atoms with van der Waals surface area (Å²) in [6, 6.07) is 10.4. The average Bonchev–Trinajstić information content (AvgIpc) is 3.13. The van der Waals surface area contributed by atoms with Gasteiger partial charge < -0.3 is 9.47 Å². The molecular weight excluding hydrogens is 360 g/mol. The average molecular weight is 391 g/mol. The highest BCUT2D eigenvalue weighted by Gasteiger charge is 2.48. The molecule has 5 nitrogen and oxygen atoms in total. The van der Waals surface area contributed by atoms with Gasteiger partial charge in [0.15, 0.2) is 5.82 Å². The van der Waals surface area contributed by atoms with Crippen molar-refractivity contribution < 1.29 is 4.79 Å². The largest absolute Gasteiger partial charge is 0.333 e. The van der Waals surface area contributed by atoms with Crippen LogP contribution in [0.25, 0.3) is 0 Å². The van der Waals surface area contributed by atoms with Crippen LogP contribution in [0.1, 0.15) is 55.7 Å². The molecule has 152 valence electrons. The van der Waals surface area contributed by atoms with Gasteiger partial charge in [0.1, 0.15) is 5.82 Å². The molecule has 4 fully saturated rings. The highest BCUT2D eigenvalue weighted by Crippen LogP contribution is 2.57. The van der Waals surface area contributed by atoms with Crippen molar-refractivity contribution in [3.8, 4) is 0 Å². The number of rotatable bonds is 4. The Bertz CT molecular complexity index is 877. The summed E-state index contributed by atoms with van der Waals surface area (Å²) in [5, 5.41) is 8.86. The lowest BCUT2D eigenvalue weighted by Gasteiger charge is -2.54. The summed E-state index contributed by atoms with van der Waals surface area (Å²) >= 11 is 0. The summed E-state index contributed by atoms with van der Waals surface area (Å²) in [7, 11) is 0. The molecule has 2 heterocycles. The predicted molar refractivity (Wildman–Crippen MR) is 110 cm³/mol. The molecule has 0 unspecified atom stereocenters. The first kappa shape index (κ1) is 17.7. The Morgan fingerprint density at radius 3 is 2.38 bits per heavy atom. The zero-order chi connectivity index (χ0) is 19.4. The minimum atomic E-state index is 0.348. The van der Waals surface area contributed by atoms with Gasteiger partial charge in [0.05, 0.1) is 6.54 Å². The smallest absolute Gasteiger partial charge is 0.223 e. The van der Waals surface area contributed by atoms with Gasteiger partial charge in [-0.1, -0.05) is 30.3 Å². The van der Waals surface area contributed by atoms with E-state index in [4.69, 9.17) is 0 Å². The number of hydrogen-bond acceptors (Lipinski definition) is 3. The summed E-state index contributed by atoms with van der Waals surface area (Å²) in [6.07, 6.45) is 8.60. The van der Waals surface area contributed by atoms with E-state index in [-0.39, 0.29) is 0 Å². The van der Waals surface area contributed by atoms with Crippen LogP contribution in [0.5, 0.6) is 0 Å². The molecule has 1 aromatic carbocycles. The molecule has 4 bridgehead atoms. The molecule has 0 radical (unpaired) electrons. The van der Waals surface area contributed by atoms with Crippen molar-refractivity contribution >= 4 is 5.91 Å². The van der Waals surface area contributed by atoms with Gasteiger partial charge in [0, 0.05) is 25.9 Å². The van der Waals surface area contributed by atoms with Crippen LogP contribution in [0.2, 0.25) is 0 Å². The van der Waals surface area contributed by atoms with Crippen LogP contribution < -0.4 is 0 Å². The maximum atomic E-state index is 13.2. The number of nitrogens with zero attached hydrogens (tertiary/aromatic N) is 4. The highest BCUT2D eigenvalue weighted by molar-refractivity contribution is 5.76. The van der Waals surface area contributed by atoms with E-state index >= 15 is 0 Å². The van der Waals surface area contributed by atoms with Crippen LogP contribution >= 0.6 is 0 Å². The quantitative estimate of drug-likeness (QED) is 0.800. The van der Waals surface area contributed by atoms with E-state index in [9.17, 15) is 4.79 Å². The van der Waals surface area contributed by atoms with Gasteiger partial charge in [-0.15, -0.1) is 10.2 Å². The van der Waals surface area contributed by atoms with E-state index in [2.05, 4.69) is 39.0 Å². The van der Waals surface area contributed by atoms with Gasteiger partial charge in [0.25, 0.3) is 0 Å². The molecule has 7 rings (SSSR count). The van der Waals surface area contributed by atoms with Crippen molar-refractivity contribution in [2.75, 3.05) is 6.54 Å². The lowest BCUT2D eigenvalue weighted by atomic mass is 9.51. The lowest BCUT2D eigenvalue weighted by molar-refractivity contribution is -0.137. The number of carbonyl (C=O) groups excluding carboxylic acids is 1. The van der Waals surface area contributed by atoms with Crippen LogP contribution in [0, 0.1) is 29.6 Å². The van der Waals surface area contributed by atoms with Gasteiger partial charge in [-0.25, -0.2) is 0 Å². The molecule has 1 amide bonds. The molecule has 4 saturated carbocycles. The minimum Gasteiger partial charge on any atom is -0.333 e. The van der Waals surface area contributed by atoms with Crippen LogP contribution in [-0.2, 0) is 24.3 Å². The normalized spacial score (nSPS) is 32.4. The number of carbonyl (C=O) groups is 1. The predicted octanol–water partition coefficient (Wildman–Crippen LogP) is 3.67. The van der Waals surface area contributed by atoms with E-state index in [0.29, 0.717) is 18.4 Å². The van der Waals surface area contributed by atoms with Crippen molar-refractivity contribution in [2.45, 2.75) is 58.0 Å². The van der Waals surface area contributed by atoms with E-state index < -0.39 is 0 Å². The Morgan fingerprint density at radius 2 is 1.66 bits per heavy atom. The van der Waals surface area contributed by atoms with Crippen molar-refractivity contribution in [3.63, 3.8) is 0 Å². The van der Waals surface area contributed by atoms with Gasteiger partial charge in [-0.05, 0) is 67.3 Å². The molecule has 5 heteroatoms. The van der Waals surface area contributed by atoms with Crippen LogP contribution in [0.4, 0.5) is 0 Å². The molecule has 29 heavy (non-hydrogen) atoms. The zero-order valence-electron chi connectivity index (χ0n) is 17.0. The summed E-state index contributed by atoms with van der Waals surface area (Å²) < 4.78 is 2.22. The summed E-state index contributed by atoms with van der Waals surface area (Å²) in [6.45, 7) is 2.23. The fourth-order valence-corrected chi connectivity index (χ4v) is 7.04. The number of aromatic nitrogens is 3. The number of amides is 1. The standard InChI is InChI=1S/C24H30N4O/c29-24(14-21-19-9-17-8-18(11-19)12-20(21)10-17)27-6-7-28-22(25-26-23(28)15-27)13-16-4-2-1-3-5-16/h1-5,17-21H,6-15H2. The number of hydrogen-bond donors (Lipinski definition) is 0. The Labute approximate surface area is 172 Å². The number of benzene rings is 1. The lowest BCUT2D eigenvalue weighted by Crippen LogP contribution is -2.47. The van der Waals surface area contributed by atoms with Crippen molar-refractivity contribution in [3.05, 3.63) is 47.5 Å². The molecule has 1 aliphatic heterocycles. The minimum absolute atomic E-state index is 0.348. The molecule has 0 spiro atoms. The van der Waals surface area contributed by atoms with E-state index in [1.165, 1.54) is 37.7 Å². The second kappa shape index (κ2) is 6.96. The zero-order valence-corrected chi connectivity index (χ0v) is 17.0. The van der Waals surface area contributed by atoms with Gasteiger partial charge >= 0.3 is 0 Å². The second-order valence-electron chi connectivity index (χ2n) is 9.96. The van der Waals surface area contributed by atoms with Gasteiger partial charge in [-0.3, -0.25) is 4.79 Å². The van der Waals surface area contributed by atoms with E-state index in [1.807, 2.05) is 11.0 Å². The van der Waals surface area contributed by atoms with Crippen LogP contribution in [0.3, 0.4) is 0 Å². The monoisotopic (exact) mass is 390 g/mol. The molecule has 0 N–H and O–H groups in total. The van der Waals surface area contributed by atoms with Crippen LogP contribution in [-0.4, -0.2) is 32.1 Å². The molecular formula is C24H30N4O. The molecule has 5 aliphatic rings. The van der Waals surface area contributed by atoms with E-state index in [1.54, 1.807) is 0 Å². The third-order valence-electron chi connectivity index (χ3n) is 8.22. The maximum Gasteiger partial charge on any atom is 0.223 e. The maximum absolute atomic E-state index is 13.2. The topological polar surface area (TPSA) is 51.0 Å². The third-order valence-corrected chi connectivity index (χ3v) is 8.22. The fourth-order valence-electron chi connectivity index (χ4n) is 7.04. The summed E-state index contributed by atoms with van der Waals surface area (Å²) in [5.74, 6) is 6.54. The Balaban J connectivity index is 1.12. The highest BCUT2D eigenvalue weighted by atomic mass is 16.2. The number of fused-ring (bicyclic) bond motifs is 1. The van der Waals surface area contributed by atoms with Gasteiger partial charge in [0.2, 0.25) is 5.91 Å². The Morgan fingerprint density at radius 1 is 0.931 bits per heavy atom. The first-order valence-corrected chi connectivity index (χ1v) is 11.5. The van der Waals surface area contributed by atoms with Crippen molar-refractivity contribution in [1.29, 1.82) is 0 Å². The van der Waals surface area contributed by atoms with Crippen molar-refractivity contribution in [2.24, 2.45) is 29.6 Å². The summed E-state index contributed by atoms with van der Waals surface area (Å²) in [4.78, 5) is 15.2. The fraction of sp³-hybridized carbons (Fsp3) is 0.625. The Hall–Kier alpha value is -2.17. The Kier molecular flexibility index (Phi) is 4.24. The second-order valence-corrected chi connectivity index (χ2v) is 9.96. The molecule has 2 aromatic rings. The summed E-state index contributed by atoms with van der Waals surface area (Å²) in [5.41, 5.74) is 1.25.